The summed E-state index contributed by atoms with van der Waals surface area (Å²) in [6.07, 6.45) is 0. The highest BCUT2D eigenvalue weighted by molar-refractivity contribution is 9.10. The minimum Gasteiger partial charge on any atom is -0.346 e. The van der Waals surface area contributed by atoms with Crippen LogP contribution in [0.1, 0.15) is 27.7 Å². The van der Waals surface area contributed by atoms with E-state index in [2.05, 4.69) is 69.4 Å². The highest BCUT2D eigenvalue weighted by Gasteiger charge is 2.17. The van der Waals surface area contributed by atoms with Crippen molar-refractivity contribution in [2.75, 3.05) is 28.6 Å². The van der Waals surface area contributed by atoms with Crippen LogP contribution in [0.3, 0.4) is 0 Å². The van der Waals surface area contributed by atoms with Gasteiger partial charge in [-0.3, -0.25) is 5.32 Å². The molecule has 0 aliphatic rings. The molecule has 2 amide bonds. The second-order valence-corrected chi connectivity index (χ2v) is 8.66. The molecule has 0 saturated heterocycles. The molecule has 0 radical (unpaired) electrons. The van der Waals surface area contributed by atoms with Crippen molar-refractivity contribution in [1.82, 2.24) is 10.2 Å². The second kappa shape index (κ2) is 9.27. The Morgan fingerprint density at radius 1 is 1.19 bits per heavy atom. The van der Waals surface area contributed by atoms with E-state index in [0.29, 0.717) is 21.4 Å². The Bertz CT molecular complexity index is 743. The van der Waals surface area contributed by atoms with Crippen molar-refractivity contribution < 1.29 is 9.18 Å². The van der Waals surface area contributed by atoms with Crippen LogP contribution < -0.4 is 15.5 Å². The fourth-order valence-electron chi connectivity index (χ4n) is 2.35. The zero-order valence-corrected chi connectivity index (χ0v) is 17.6. The maximum atomic E-state index is 13.8. The quantitative estimate of drug-likeness (QED) is 0.616. The number of nitrogens with one attached hydrogen (secondary N) is 2. The molecule has 0 aliphatic heterocycles. The van der Waals surface area contributed by atoms with Crippen LogP contribution in [0.2, 0.25) is 0 Å². The number of amides is 2. The van der Waals surface area contributed by atoms with Crippen molar-refractivity contribution in [2.24, 2.45) is 11.8 Å². The number of carbonyl (C=O) groups is 1. The normalized spacial score (nSPS) is 11.1. The Hall–Kier alpha value is -1.74. The van der Waals surface area contributed by atoms with Crippen LogP contribution in [-0.2, 0) is 0 Å². The summed E-state index contributed by atoms with van der Waals surface area (Å²) in [6, 6.07) is 3.86. The first-order valence-electron chi connectivity index (χ1n) is 8.36. The molecule has 1 heterocycles. The molecule has 142 valence electrons. The molecule has 0 fully saturated rings. The van der Waals surface area contributed by atoms with Crippen molar-refractivity contribution in [1.29, 1.82) is 0 Å². The number of anilines is 3. The monoisotopic (exact) mass is 443 g/mol. The molecule has 1 aromatic heterocycles. The lowest BCUT2D eigenvalue weighted by molar-refractivity contribution is 0.262. The third kappa shape index (κ3) is 6.21. The molecule has 0 unspecified atom stereocenters. The molecule has 9 heteroatoms. The molecule has 0 spiro atoms. The van der Waals surface area contributed by atoms with Crippen molar-refractivity contribution in [3.63, 3.8) is 0 Å². The first kappa shape index (κ1) is 20.6. The Balaban J connectivity index is 2.02. The number of halogens is 2. The van der Waals surface area contributed by atoms with Gasteiger partial charge in [-0.25, -0.2) is 9.18 Å². The van der Waals surface area contributed by atoms with Gasteiger partial charge in [0.15, 0.2) is 0 Å². The van der Waals surface area contributed by atoms with Crippen molar-refractivity contribution in [2.45, 2.75) is 27.7 Å². The number of urea groups is 1. The van der Waals surface area contributed by atoms with E-state index >= 15 is 0 Å². The predicted octanol–water partition coefficient (Wildman–Crippen LogP) is 5.20. The maximum absolute atomic E-state index is 13.8. The Kier molecular flexibility index (Phi) is 7.33. The summed E-state index contributed by atoms with van der Waals surface area (Å²) in [5.74, 6) is 0.447. The van der Waals surface area contributed by atoms with Crippen molar-refractivity contribution >= 4 is 49.2 Å². The van der Waals surface area contributed by atoms with E-state index in [9.17, 15) is 9.18 Å². The third-order valence-electron chi connectivity index (χ3n) is 3.26. The molecule has 2 rings (SSSR count). The van der Waals surface area contributed by atoms with E-state index in [1.807, 2.05) is 0 Å². The Morgan fingerprint density at radius 2 is 1.85 bits per heavy atom. The summed E-state index contributed by atoms with van der Waals surface area (Å²) in [6.45, 7) is 10.3. The molecule has 0 aliphatic carbocycles. The SMILES string of the molecule is CC(C)CN(CC(C)C)c1nnc(NC(=O)Nc2ccc(Br)cc2F)s1. The molecule has 0 bridgehead atoms. The smallest absolute Gasteiger partial charge is 0.325 e. The summed E-state index contributed by atoms with van der Waals surface area (Å²) < 4.78 is 14.4. The van der Waals surface area contributed by atoms with Crippen LogP contribution in [0.5, 0.6) is 0 Å². The number of rotatable bonds is 7. The van der Waals surface area contributed by atoms with Crippen LogP contribution in [0.25, 0.3) is 0 Å². The van der Waals surface area contributed by atoms with Gasteiger partial charge in [-0.15, -0.1) is 10.2 Å². The minimum atomic E-state index is -0.562. The minimum absolute atomic E-state index is 0.0941. The third-order valence-corrected chi connectivity index (χ3v) is 4.65. The summed E-state index contributed by atoms with van der Waals surface area (Å²) >= 11 is 4.48. The fourth-order valence-corrected chi connectivity index (χ4v) is 3.44. The lowest BCUT2D eigenvalue weighted by Gasteiger charge is -2.25. The van der Waals surface area contributed by atoms with E-state index in [1.165, 1.54) is 23.5 Å². The summed E-state index contributed by atoms with van der Waals surface area (Å²) in [5, 5.41) is 14.4. The number of hydrogen-bond donors (Lipinski definition) is 2. The molecule has 0 atom stereocenters. The van der Waals surface area contributed by atoms with E-state index in [0.717, 1.165) is 18.2 Å². The van der Waals surface area contributed by atoms with Crippen LogP contribution >= 0.6 is 27.3 Å². The van der Waals surface area contributed by atoms with Gasteiger partial charge in [0.05, 0.1) is 5.69 Å². The molecular weight excluding hydrogens is 421 g/mol. The Morgan fingerprint density at radius 3 is 2.42 bits per heavy atom. The lowest BCUT2D eigenvalue weighted by atomic mass is 10.1. The van der Waals surface area contributed by atoms with Crippen molar-refractivity contribution in [3.8, 4) is 0 Å². The van der Waals surface area contributed by atoms with Gasteiger partial charge in [0, 0.05) is 17.6 Å². The number of carbonyl (C=O) groups excluding carboxylic acids is 1. The lowest BCUT2D eigenvalue weighted by Crippen LogP contribution is -2.31. The van der Waals surface area contributed by atoms with Gasteiger partial charge in [-0.05, 0) is 30.0 Å². The largest absolute Gasteiger partial charge is 0.346 e. The average Bonchev–Trinajstić information content (AvgIpc) is 2.97. The molecule has 2 aromatic rings. The predicted molar refractivity (Wildman–Crippen MR) is 109 cm³/mol. The maximum Gasteiger partial charge on any atom is 0.325 e. The molecule has 2 N–H and O–H groups in total. The molecular formula is C17H23BrFN5OS. The van der Waals surface area contributed by atoms with Gasteiger partial charge in [0.1, 0.15) is 5.82 Å². The number of benzene rings is 1. The number of aromatic nitrogens is 2. The van der Waals surface area contributed by atoms with E-state index in [4.69, 9.17) is 0 Å². The number of hydrogen-bond acceptors (Lipinski definition) is 5. The summed E-state index contributed by atoms with van der Waals surface area (Å²) in [7, 11) is 0. The van der Waals surface area contributed by atoms with Gasteiger partial charge in [-0.1, -0.05) is 55.0 Å². The second-order valence-electron chi connectivity index (χ2n) is 6.79. The number of nitrogens with zero attached hydrogens (tertiary/aromatic N) is 3. The first-order chi connectivity index (χ1) is 12.2. The van der Waals surface area contributed by atoms with Crippen LogP contribution in [0.15, 0.2) is 22.7 Å². The summed E-state index contributed by atoms with van der Waals surface area (Å²) in [5.41, 5.74) is 0.0941. The zero-order chi connectivity index (χ0) is 19.3. The van der Waals surface area contributed by atoms with Gasteiger partial charge in [-0.2, -0.15) is 0 Å². The van der Waals surface area contributed by atoms with Gasteiger partial charge < -0.3 is 10.2 Å². The average molecular weight is 444 g/mol. The Labute approximate surface area is 165 Å². The van der Waals surface area contributed by atoms with E-state index in [1.54, 1.807) is 6.07 Å². The first-order valence-corrected chi connectivity index (χ1v) is 9.97. The van der Waals surface area contributed by atoms with E-state index in [-0.39, 0.29) is 5.69 Å². The van der Waals surface area contributed by atoms with Crippen LogP contribution in [-0.4, -0.2) is 29.3 Å². The van der Waals surface area contributed by atoms with E-state index < -0.39 is 11.8 Å². The molecule has 1 aromatic carbocycles. The van der Waals surface area contributed by atoms with Gasteiger partial charge >= 0.3 is 6.03 Å². The zero-order valence-electron chi connectivity index (χ0n) is 15.2. The van der Waals surface area contributed by atoms with Crippen LogP contribution in [0, 0.1) is 17.7 Å². The van der Waals surface area contributed by atoms with Crippen molar-refractivity contribution in [3.05, 3.63) is 28.5 Å². The van der Waals surface area contributed by atoms with Crippen LogP contribution in [0.4, 0.5) is 25.1 Å². The highest BCUT2D eigenvalue weighted by atomic mass is 79.9. The molecule has 6 nitrogen and oxygen atoms in total. The summed E-state index contributed by atoms with van der Waals surface area (Å²) in [4.78, 5) is 14.2. The fraction of sp³-hybridized carbons (Fsp3) is 0.471. The highest BCUT2D eigenvalue weighted by Crippen LogP contribution is 2.26. The topological polar surface area (TPSA) is 70.2 Å². The molecule has 26 heavy (non-hydrogen) atoms. The van der Waals surface area contributed by atoms with Gasteiger partial charge in [0.25, 0.3) is 0 Å². The standard InChI is InChI=1S/C17H23BrFN5OS/c1-10(2)8-24(9-11(3)4)17-23-22-16(26-17)21-15(25)20-14-6-5-12(18)7-13(14)19/h5-7,10-11H,8-9H2,1-4H3,(H2,20,21,22,25). The molecule has 0 saturated carbocycles. The van der Waals surface area contributed by atoms with Gasteiger partial charge in [0.2, 0.25) is 10.3 Å².